The highest BCUT2D eigenvalue weighted by Crippen LogP contribution is 2.21. The van der Waals surface area contributed by atoms with Gasteiger partial charge in [0.15, 0.2) is 0 Å². The van der Waals surface area contributed by atoms with E-state index in [9.17, 15) is 13.6 Å². The molecule has 1 N–H and O–H groups in total. The number of rotatable bonds is 4. The first-order chi connectivity index (χ1) is 9.11. The third-order valence-corrected chi connectivity index (χ3v) is 2.53. The molecule has 0 aliphatic rings. The van der Waals surface area contributed by atoms with E-state index in [1.54, 1.807) is 6.07 Å². The van der Waals surface area contributed by atoms with Crippen LogP contribution in [-0.2, 0) is 11.3 Å². The van der Waals surface area contributed by atoms with E-state index in [2.05, 4.69) is 10.1 Å². The quantitative estimate of drug-likeness (QED) is 0.865. The van der Waals surface area contributed by atoms with Crippen molar-refractivity contribution in [2.75, 3.05) is 12.4 Å². The van der Waals surface area contributed by atoms with Crippen molar-refractivity contribution in [3.8, 4) is 0 Å². The molecule has 2 aromatic rings. The number of esters is 1. The standard InChI is InChI=1S/C13H11F2NO3/c1-18-13(17)9-4-12(11(15)5-10(9)14)16-6-8-2-3-19-7-8/h2-5,7,16H,6H2,1H3. The van der Waals surface area contributed by atoms with Crippen LogP contribution in [0.25, 0.3) is 0 Å². The van der Waals surface area contributed by atoms with Crippen LogP contribution in [0.15, 0.2) is 35.1 Å². The van der Waals surface area contributed by atoms with Crippen molar-refractivity contribution in [3.05, 3.63) is 53.5 Å². The average Bonchev–Trinajstić information content (AvgIpc) is 2.90. The van der Waals surface area contributed by atoms with Crippen LogP contribution in [0.2, 0.25) is 0 Å². The Kier molecular flexibility index (Phi) is 3.79. The highest BCUT2D eigenvalue weighted by atomic mass is 19.1. The summed E-state index contributed by atoms with van der Waals surface area (Å²) in [7, 11) is 1.13. The van der Waals surface area contributed by atoms with Crippen molar-refractivity contribution in [2.24, 2.45) is 0 Å². The number of ether oxygens (including phenoxy) is 1. The Balaban J connectivity index is 2.22. The number of benzene rings is 1. The maximum atomic E-state index is 13.5. The lowest BCUT2D eigenvalue weighted by molar-refractivity contribution is 0.0595. The van der Waals surface area contributed by atoms with Gasteiger partial charge in [-0.3, -0.25) is 0 Å². The van der Waals surface area contributed by atoms with Gasteiger partial charge in [0.2, 0.25) is 0 Å². The van der Waals surface area contributed by atoms with Crippen LogP contribution in [0, 0.1) is 11.6 Å². The van der Waals surface area contributed by atoms with Crippen molar-refractivity contribution in [1.29, 1.82) is 0 Å². The molecule has 100 valence electrons. The molecule has 0 atom stereocenters. The largest absolute Gasteiger partial charge is 0.472 e. The number of furan rings is 1. The van der Waals surface area contributed by atoms with Gasteiger partial charge in [-0.05, 0) is 12.1 Å². The number of hydrogen-bond donors (Lipinski definition) is 1. The number of halogens is 2. The minimum atomic E-state index is -0.960. The molecule has 0 bridgehead atoms. The number of nitrogens with one attached hydrogen (secondary N) is 1. The van der Waals surface area contributed by atoms with E-state index in [-0.39, 0.29) is 11.3 Å². The van der Waals surface area contributed by atoms with Crippen molar-refractivity contribution in [3.63, 3.8) is 0 Å². The molecule has 2 rings (SSSR count). The first kappa shape index (κ1) is 13.1. The normalized spacial score (nSPS) is 10.3. The van der Waals surface area contributed by atoms with Gasteiger partial charge in [-0.2, -0.15) is 0 Å². The summed E-state index contributed by atoms with van der Waals surface area (Å²) < 4.78 is 36.2. The van der Waals surface area contributed by atoms with Crippen LogP contribution in [0.3, 0.4) is 0 Å². The second-order valence-corrected chi connectivity index (χ2v) is 3.79. The zero-order valence-electron chi connectivity index (χ0n) is 10.1. The summed E-state index contributed by atoms with van der Waals surface area (Å²) in [6, 6.07) is 3.43. The number of carbonyl (C=O) groups is 1. The van der Waals surface area contributed by atoms with Gasteiger partial charge < -0.3 is 14.5 Å². The second kappa shape index (κ2) is 5.51. The van der Waals surface area contributed by atoms with Crippen LogP contribution < -0.4 is 5.32 Å². The Morgan fingerprint density at radius 1 is 1.37 bits per heavy atom. The molecule has 19 heavy (non-hydrogen) atoms. The monoisotopic (exact) mass is 267 g/mol. The van der Waals surface area contributed by atoms with Crippen LogP contribution in [-0.4, -0.2) is 13.1 Å². The highest BCUT2D eigenvalue weighted by Gasteiger charge is 2.16. The lowest BCUT2D eigenvalue weighted by Crippen LogP contribution is -2.08. The number of hydrogen-bond acceptors (Lipinski definition) is 4. The van der Waals surface area contributed by atoms with Crippen molar-refractivity contribution >= 4 is 11.7 Å². The molecule has 0 amide bonds. The Labute approximate surface area is 108 Å². The maximum absolute atomic E-state index is 13.5. The van der Waals surface area contributed by atoms with Crippen molar-refractivity contribution in [1.82, 2.24) is 0 Å². The molecule has 0 aliphatic carbocycles. The Bertz CT molecular complexity index is 582. The summed E-state index contributed by atoms with van der Waals surface area (Å²) in [6.45, 7) is 0.291. The minimum absolute atomic E-state index is 0.0167. The number of anilines is 1. The molecule has 0 fully saturated rings. The zero-order valence-corrected chi connectivity index (χ0v) is 10.1. The van der Waals surface area contributed by atoms with E-state index in [1.165, 1.54) is 12.5 Å². The molecule has 1 aromatic carbocycles. The van der Waals surface area contributed by atoms with Crippen LogP contribution in [0.4, 0.5) is 14.5 Å². The molecule has 0 unspecified atom stereocenters. The summed E-state index contributed by atoms with van der Waals surface area (Å²) in [5.41, 5.74) is 0.491. The number of methoxy groups -OCH3 is 1. The van der Waals surface area contributed by atoms with Gasteiger partial charge in [-0.15, -0.1) is 0 Å². The second-order valence-electron chi connectivity index (χ2n) is 3.79. The van der Waals surface area contributed by atoms with Crippen LogP contribution in [0.1, 0.15) is 15.9 Å². The van der Waals surface area contributed by atoms with Gasteiger partial charge in [-0.25, -0.2) is 13.6 Å². The average molecular weight is 267 g/mol. The summed E-state index contributed by atoms with van der Waals surface area (Å²) in [4.78, 5) is 11.3. The first-order valence-electron chi connectivity index (χ1n) is 5.44. The Morgan fingerprint density at radius 3 is 2.79 bits per heavy atom. The molecular formula is C13H11F2NO3. The molecule has 0 saturated heterocycles. The van der Waals surface area contributed by atoms with Gasteiger partial charge in [0.05, 0.1) is 30.9 Å². The fraction of sp³-hybridized carbons (Fsp3) is 0.154. The maximum Gasteiger partial charge on any atom is 0.340 e. The summed E-state index contributed by atoms with van der Waals surface area (Å²) in [6.07, 6.45) is 2.98. The molecule has 1 aromatic heterocycles. The summed E-state index contributed by atoms with van der Waals surface area (Å²) >= 11 is 0. The number of carbonyl (C=O) groups excluding carboxylic acids is 1. The fourth-order valence-corrected chi connectivity index (χ4v) is 1.54. The summed E-state index contributed by atoms with van der Waals surface area (Å²) in [5, 5.41) is 2.75. The highest BCUT2D eigenvalue weighted by molar-refractivity contribution is 5.90. The van der Waals surface area contributed by atoms with Gasteiger partial charge in [0.1, 0.15) is 11.6 Å². The topological polar surface area (TPSA) is 51.5 Å². The SMILES string of the molecule is COC(=O)c1cc(NCc2ccoc2)c(F)cc1F. The molecule has 0 aliphatic heterocycles. The Morgan fingerprint density at radius 2 is 2.16 bits per heavy atom. The van der Waals surface area contributed by atoms with E-state index in [4.69, 9.17) is 4.42 Å². The third kappa shape index (κ3) is 2.90. The predicted octanol–water partition coefficient (Wildman–Crippen LogP) is 2.96. The first-order valence-corrected chi connectivity index (χ1v) is 5.44. The predicted molar refractivity (Wildman–Crippen MR) is 63.7 cm³/mol. The van der Waals surface area contributed by atoms with Gasteiger partial charge in [0.25, 0.3) is 0 Å². The van der Waals surface area contributed by atoms with E-state index < -0.39 is 17.6 Å². The van der Waals surface area contributed by atoms with E-state index in [1.807, 2.05) is 0 Å². The lowest BCUT2D eigenvalue weighted by Gasteiger charge is -2.09. The van der Waals surface area contributed by atoms with Crippen molar-refractivity contribution < 1.29 is 22.7 Å². The molecule has 4 nitrogen and oxygen atoms in total. The van der Waals surface area contributed by atoms with Gasteiger partial charge >= 0.3 is 5.97 Å². The smallest absolute Gasteiger partial charge is 0.340 e. The van der Waals surface area contributed by atoms with Crippen LogP contribution in [0.5, 0.6) is 0 Å². The van der Waals surface area contributed by atoms with Crippen molar-refractivity contribution in [2.45, 2.75) is 6.54 Å². The van der Waals surface area contributed by atoms with Gasteiger partial charge in [-0.1, -0.05) is 0 Å². The van der Waals surface area contributed by atoms with E-state index >= 15 is 0 Å². The molecule has 1 heterocycles. The van der Waals surface area contributed by atoms with E-state index in [0.717, 1.165) is 18.7 Å². The van der Waals surface area contributed by atoms with E-state index in [0.29, 0.717) is 12.6 Å². The molecule has 0 saturated carbocycles. The lowest BCUT2D eigenvalue weighted by atomic mass is 10.1. The molecular weight excluding hydrogens is 256 g/mol. The zero-order chi connectivity index (χ0) is 13.8. The van der Waals surface area contributed by atoms with Gasteiger partial charge in [0, 0.05) is 18.2 Å². The Hall–Kier alpha value is -2.37. The molecule has 0 spiro atoms. The third-order valence-electron chi connectivity index (χ3n) is 2.53. The van der Waals surface area contributed by atoms with Crippen LogP contribution >= 0.6 is 0 Å². The minimum Gasteiger partial charge on any atom is -0.472 e. The fourth-order valence-electron chi connectivity index (χ4n) is 1.54. The molecule has 0 radical (unpaired) electrons. The summed E-state index contributed by atoms with van der Waals surface area (Å²) in [5.74, 6) is -2.60. The molecule has 6 heteroatoms.